The number of benzene rings is 1. The number of rotatable bonds is 5. The van der Waals surface area contributed by atoms with Gasteiger partial charge in [0.25, 0.3) is 0 Å². The van der Waals surface area contributed by atoms with Crippen LogP contribution in [-0.2, 0) is 4.79 Å². The van der Waals surface area contributed by atoms with Crippen LogP contribution in [0.3, 0.4) is 0 Å². The second-order valence-electron chi connectivity index (χ2n) is 4.05. The summed E-state index contributed by atoms with van der Waals surface area (Å²) < 4.78 is 6.01. The van der Waals surface area contributed by atoms with Crippen LogP contribution in [0.4, 0.5) is 0 Å². The Balaban J connectivity index is 2.67. The molecule has 0 spiro atoms. The smallest absolute Gasteiger partial charge is 0.244 e. The van der Waals surface area contributed by atoms with Crippen LogP contribution in [-0.4, -0.2) is 19.1 Å². The molecule has 0 aliphatic rings. The first kappa shape index (κ1) is 14.8. The molecule has 3 nitrogen and oxygen atoms in total. The molecule has 0 saturated carbocycles. The van der Waals surface area contributed by atoms with Gasteiger partial charge in [-0.15, -0.1) is 0 Å². The zero-order chi connectivity index (χ0) is 13.5. The maximum Gasteiger partial charge on any atom is 0.244 e. The number of hydrogen-bond donors (Lipinski definition) is 1. The van der Waals surface area contributed by atoms with E-state index >= 15 is 0 Å². The number of carbonyl (C=O) groups is 1. The van der Waals surface area contributed by atoms with E-state index in [4.69, 9.17) is 4.74 Å². The molecule has 1 N–H and O–H groups in total. The van der Waals surface area contributed by atoms with Crippen molar-refractivity contribution in [2.24, 2.45) is 0 Å². The standard InChI is InChI=1S/C14H18BrNO2/c1-4-10(2)16-14(17)8-6-11-5-7-13(18-3)12(15)9-11/h5-10H,4H2,1-3H3,(H,16,17)/b8-6+. The first-order valence-corrected chi connectivity index (χ1v) is 6.68. The molecule has 0 bridgehead atoms. The Labute approximate surface area is 116 Å². The molecule has 1 rings (SSSR count). The van der Waals surface area contributed by atoms with Crippen LogP contribution in [0.15, 0.2) is 28.7 Å². The van der Waals surface area contributed by atoms with E-state index in [2.05, 4.69) is 21.2 Å². The quantitative estimate of drug-likeness (QED) is 0.847. The number of amides is 1. The predicted molar refractivity (Wildman–Crippen MR) is 77.6 cm³/mol. The molecule has 0 aromatic heterocycles. The molecule has 98 valence electrons. The summed E-state index contributed by atoms with van der Waals surface area (Å²) in [6.07, 6.45) is 4.25. The predicted octanol–water partition coefficient (Wildman–Crippen LogP) is 3.39. The van der Waals surface area contributed by atoms with Crippen LogP contribution >= 0.6 is 15.9 Å². The van der Waals surface area contributed by atoms with Crippen LogP contribution in [0, 0.1) is 0 Å². The molecule has 0 heterocycles. The lowest BCUT2D eigenvalue weighted by Gasteiger charge is -2.08. The van der Waals surface area contributed by atoms with E-state index in [9.17, 15) is 4.79 Å². The van der Waals surface area contributed by atoms with Crippen LogP contribution < -0.4 is 10.1 Å². The molecule has 0 aliphatic carbocycles. The summed E-state index contributed by atoms with van der Waals surface area (Å²) in [5.41, 5.74) is 0.946. The van der Waals surface area contributed by atoms with E-state index < -0.39 is 0 Å². The summed E-state index contributed by atoms with van der Waals surface area (Å²) in [5.74, 6) is 0.701. The highest BCUT2D eigenvalue weighted by Crippen LogP contribution is 2.25. The molecular formula is C14H18BrNO2. The fourth-order valence-corrected chi connectivity index (χ4v) is 1.91. The topological polar surface area (TPSA) is 38.3 Å². The number of ether oxygens (including phenoxy) is 1. The lowest BCUT2D eigenvalue weighted by molar-refractivity contribution is -0.117. The third-order valence-corrected chi connectivity index (χ3v) is 3.22. The van der Waals surface area contributed by atoms with Crippen molar-refractivity contribution in [3.05, 3.63) is 34.3 Å². The van der Waals surface area contributed by atoms with Gasteiger partial charge in [-0.2, -0.15) is 0 Å². The van der Waals surface area contributed by atoms with E-state index in [0.717, 1.165) is 22.2 Å². The molecule has 1 aromatic carbocycles. The molecule has 0 aliphatic heterocycles. The monoisotopic (exact) mass is 311 g/mol. The second kappa shape index (κ2) is 7.21. The molecule has 1 unspecified atom stereocenters. The van der Waals surface area contributed by atoms with E-state index in [1.807, 2.05) is 32.0 Å². The molecule has 0 saturated heterocycles. The molecule has 18 heavy (non-hydrogen) atoms. The molecular weight excluding hydrogens is 294 g/mol. The minimum absolute atomic E-state index is 0.0729. The van der Waals surface area contributed by atoms with Gasteiger partial charge in [-0.05, 0) is 53.0 Å². The van der Waals surface area contributed by atoms with Crippen LogP contribution in [0.1, 0.15) is 25.8 Å². The molecule has 0 fully saturated rings. The van der Waals surface area contributed by atoms with Gasteiger partial charge in [-0.3, -0.25) is 4.79 Å². The van der Waals surface area contributed by atoms with Crippen molar-refractivity contribution in [1.82, 2.24) is 5.32 Å². The Morgan fingerprint density at radius 3 is 2.83 bits per heavy atom. The van der Waals surface area contributed by atoms with E-state index in [1.165, 1.54) is 0 Å². The Hall–Kier alpha value is -1.29. The fraction of sp³-hybridized carbons (Fsp3) is 0.357. The summed E-state index contributed by atoms with van der Waals surface area (Å²) in [4.78, 5) is 11.6. The van der Waals surface area contributed by atoms with Gasteiger partial charge in [-0.1, -0.05) is 13.0 Å². The first-order chi connectivity index (χ1) is 8.56. The number of hydrogen-bond acceptors (Lipinski definition) is 2. The van der Waals surface area contributed by atoms with Crippen LogP contribution in [0.5, 0.6) is 5.75 Å². The first-order valence-electron chi connectivity index (χ1n) is 5.89. The molecule has 1 aromatic rings. The lowest BCUT2D eigenvalue weighted by Crippen LogP contribution is -2.30. The van der Waals surface area contributed by atoms with E-state index in [-0.39, 0.29) is 11.9 Å². The summed E-state index contributed by atoms with van der Waals surface area (Å²) in [5, 5.41) is 2.87. The largest absolute Gasteiger partial charge is 0.496 e. The van der Waals surface area contributed by atoms with E-state index in [1.54, 1.807) is 19.3 Å². The molecule has 0 radical (unpaired) electrons. The van der Waals surface area contributed by atoms with Gasteiger partial charge in [0.2, 0.25) is 5.91 Å². The third kappa shape index (κ3) is 4.53. The van der Waals surface area contributed by atoms with Gasteiger partial charge in [0.15, 0.2) is 0 Å². The maximum atomic E-state index is 11.6. The van der Waals surface area contributed by atoms with Crippen molar-refractivity contribution < 1.29 is 9.53 Å². The highest BCUT2D eigenvalue weighted by Gasteiger charge is 2.02. The average molecular weight is 312 g/mol. The Kier molecular flexibility index (Phi) is 5.92. The van der Waals surface area contributed by atoms with Crippen molar-refractivity contribution in [3.63, 3.8) is 0 Å². The average Bonchev–Trinajstić information content (AvgIpc) is 2.36. The minimum Gasteiger partial charge on any atom is -0.496 e. The SMILES string of the molecule is CCC(C)NC(=O)/C=C/c1ccc(OC)c(Br)c1. The highest BCUT2D eigenvalue weighted by molar-refractivity contribution is 9.10. The minimum atomic E-state index is -0.0729. The van der Waals surface area contributed by atoms with Gasteiger partial charge in [0.1, 0.15) is 5.75 Å². The fourth-order valence-electron chi connectivity index (χ4n) is 1.35. The summed E-state index contributed by atoms with van der Waals surface area (Å²) in [7, 11) is 1.62. The summed E-state index contributed by atoms with van der Waals surface area (Å²) >= 11 is 3.41. The zero-order valence-electron chi connectivity index (χ0n) is 10.9. The van der Waals surface area contributed by atoms with Crippen molar-refractivity contribution in [2.75, 3.05) is 7.11 Å². The molecule has 1 atom stereocenters. The lowest BCUT2D eigenvalue weighted by atomic mass is 10.2. The number of nitrogens with one attached hydrogen (secondary N) is 1. The van der Waals surface area contributed by atoms with Gasteiger partial charge in [-0.25, -0.2) is 0 Å². The second-order valence-corrected chi connectivity index (χ2v) is 4.90. The Morgan fingerprint density at radius 1 is 1.56 bits per heavy atom. The number of carbonyl (C=O) groups excluding carboxylic acids is 1. The number of halogens is 1. The van der Waals surface area contributed by atoms with Crippen molar-refractivity contribution in [3.8, 4) is 5.75 Å². The Morgan fingerprint density at radius 2 is 2.28 bits per heavy atom. The Bertz CT molecular complexity index is 443. The van der Waals surface area contributed by atoms with Gasteiger partial charge >= 0.3 is 0 Å². The third-order valence-electron chi connectivity index (χ3n) is 2.60. The summed E-state index contributed by atoms with van der Waals surface area (Å²) in [6, 6.07) is 5.86. The zero-order valence-corrected chi connectivity index (χ0v) is 12.5. The van der Waals surface area contributed by atoms with Crippen LogP contribution in [0.2, 0.25) is 0 Å². The molecule has 4 heteroatoms. The van der Waals surface area contributed by atoms with Crippen molar-refractivity contribution in [2.45, 2.75) is 26.3 Å². The molecule has 1 amide bonds. The van der Waals surface area contributed by atoms with Crippen LogP contribution in [0.25, 0.3) is 6.08 Å². The highest BCUT2D eigenvalue weighted by atomic mass is 79.9. The van der Waals surface area contributed by atoms with Crippen molar-refractivity contribution in [1.29, 1.82) is 0 Å². The van der Waals surface area contributed by atoms with E-state index in [0.29, 0.717) is 0 Å². The normalized spacial score (nSPS) is 12.4. The maximum absolute atomic E-state index is 11.6. The van der Waals surface area contributed by atoms with Gasteiger partial charge < -0.3 is 10.1 Å². The van der Waals surface area contributed by atoms with Crippen molar-refractivity contribution >= 4 is 27.9 Å². The van der Waals surface area contributed by atoms with Gasteiger partial charge in [0, 0.05) is 12.1 Å². The number of methoxy groups -OCH3 is 1. The summed E-state index contributed by atoms with van der Waals surface area (Å²) in [6.45, 7) is 4.02. The van der Waals surface area contributed by atoms with Gasteiger partial charge in [0.05, 0.1) is 11.6 Å².